The van der Waals surface area contributed by atoms with Gasteiger partial charge < -0.3 is 41.6 Å². The van der Waals surface area contributed by atoms with Crippen LogP contribution in [0.3, 0.4) is 0 Å². The van der Waals surface area contributed by atoms with Crippen LogP contribution in [0.2, 0.25) is 0 Å². The molecule has 1 fully saturated rings. The topological polar surface area (TPSA) is 215 Å². The van der Waals surface area contributed by atoms with Crippen molar-refractivity contribution in [3.05, 3.63) is 65.9 Å². The van der Waals surface area contributed by atoms with Crippen LogP contribution >= 0.6 is 0 Å². The SMILES string of the molecule is NC(CC(=O)O)C(=O)NC(Cc1ccc(O)cc1)C(=O)NC(Cc1c[nH]c2ccccc12)C(=O)N1CCCC1C(=O)O. The van der Waals surface area contributed by atoms with Gasteiger partial charge in [-0.05, 0) is 42.2 Å². The van der Waals surface area contributed by atoms with Crippen molar-refractivity contribution in [2.45, 2.75) is 56.3 Å². The number of nitrogens with one attached hydrogen (secondary N) is 3. The van der Waals surface area contributed by atoms with E-state index in [1.807, 2.05) is 24.3 Å². The standard InChI is InChI=1S/C29H33N5O8/c30-20(14-25(36)37)26(38)32-22(12-16-7-9-18(35)10-8-16)27(39)33-23(28(40)34-11-3-6-24(34)29(41)42)13-17-15-31-21-5-2-1-4-19(17)21/h1-2,4-5,7-10,15,20,22-24,31,35H,3,6,11-14,30H2,(H,32,38)(H,33,39)(H,36,37)(H,41,42). The summed E-state index contributed by atoms with van der Waals surface area (Å²) in [5, 5.41) is 34.4. The third-order valence-electron chi connectivity index (χ3n) is 7.27. The highest BCUT2D eigenvalue weighted by Gasteiger charge is 2.39. The number of aromatic hydroxyl groups is 1. The van der Waals surface area contributed by atoms with Gasteiger partial charge in [0.2, 0.25) is 17.7 Å². The number of aromatic amines is 1. The molecule has 1 aliphatic rings. The summed E-state index contributed by atoms with van der Waals surface area (Å²) in [4.78, 5) is 67.5. The highest BCUT2D eigenvalue weighted by molar-refractivity contribution is 5.95. The fourth-order valence-corrected chi connectivity index (χ4v) is 5.12. The molecule has 42 heavy (non-hydrogen) atoms. The Hall–Kier alpha value is -4.91. The van der Waals surface area contributed by atoms with Crippen LogP contribution in [0.25, 0.3) is 10.9 Å². The number of phenolic OH excluding ortho intramolecular Hbond substituents is 1. The fraction of sp³-hybridized carbons (Fsp3) is 0.345. The number of nitrogens with two attached hydrogens (primary N) is 1. The molecule has 2 heterocycles. The van der Waals surface area contributed by atoms with Crippen molar-refractivity contribution in [3.8, 4) is 5.75 Å². The molecule has 1 aromatic heterocycles. The van der Waals surface area contributed by atoms with E-state index < -0.39 is 60.2 Å². The number of carbonyl (C=O) groups is 5. The van der Waals surface area contributed by atoms with Crippen molar-refractivity contribution in [1.29, 1.82) is 0 Å². The first kappa shape index (κ1) is 30.1. The minimum atomic E-state index is -1.43. The molecule has 13 heteroatoms. The minimum Gasteiger partial charge on any atom is -0.508 e. The second-order valence-corrected chi connectivity index (χ2v) is 10.3. The van der Waals surface area contributed by atoms with Gasteiger partial charge in [-0.1, -0.05) is 30.3 Å². The van der Waals surface area contributed by atoms with Gasteiger partial charge in [0.15, 0.2) is 0 Å². The number of amides is 3. The Bertz CT molecular complexity index is 1470. The number of hydrogen-bond acceptors (Lipinski definition) is 7. The molecule has 4 atom stereocenters. The number of hydrogen-bond donors (Lipinski definition) is 7. The Morgan fingerprint density at radius 3 is 2.33 bits per heavy atom. The Balaban J connectivity index is 1.62. The van der Waals surface area contributed by atoms with Gasteiger partial charge in [-0.15, -0.1) is 0 Å². The smallest absolute Gasteiger partial charge is 0.326 e. The molecule has 13 nitrogen and oxygen atoms in total. The monoisotopic (exact) mass is 579 g/mol. The van der Waals surface area contributed by atoms with Crippen LogP contribution in [0.1, 0.15) is 30.4 Å². The molecule has 4 rings (SSSR count). The molecule has 0 radical (unpaired) electrons. The van der Waals surface area contributed by atoms with Gasteiger partial charge in [0.05, 0.1) is 12.5 Å². The number of aliphatic carboxylic acids is 2. The minimum absolute atomic E-state index is 0.00439. The van der Waals surface area contributed by atoms with Crippen LogP contribution < -0.4 is 16.4 Å². The quantitative estimate of drug-likeness (QED) is 0.159. The maximum atomic E-state index is 13.8. The summed E-state index contributed by atoms with van der Waals surface area (Å²) in [6, 6.07) is 8.42. The number of para-hydroxylation sites is 1. The predicted molar refractivity (Wildman–Crippen MR) is 150 cm³/mol. The summed E-state index contributed by atoms with van der Waals surface area (Å²) >= 11 is 0. The van der Waals surface area contributed by atoms with Gasteiger partial charge >= 0.3 is 11.9 Å². The largest absolute Gasteiger partial charge is 0.508 e. The van der Waals surface area contributed by atoms with Crippen molar-refractivity contribution in [1.82, 2.24) is 20.5 Å². The predicted octanol–water partition coefficient (Wildman–Crippen LogP) is 0.506. The Labute approximate surface area is 240 Å². The normalized spacial score (nSPS) is 16.9. The molecule has 222 valence electrons. The molecule has 0 bridgehead atoms. The Morgan fingerprint density at radius 2 is 1.64 bits per heavy atom. The number of aromatic nitrogens is 1. The van der Waals surface area contributed by atoms with E-state index in [1.54, 1.807) is 18.3 Å². The number of phenols is 1. The van der Waals surface area contributed by atoms with E-state index in [9.17, 15) is 34.2 Å². The van der Waals surface area contributed by atoms with E-state index in [1.165, 1.54) is 17.0 Å². The van der Waals surface area contributed by atoms with Crippen molar-refractivity contribution in [2.24, 2.45) is 5.73 Å². The molecular weight excluding hydrogens is 546 g/mol. The lowest BCUT2D eigenvalue weighted by atomic mass is 10.0. The first-order valence-corrected chi connectivity index (χ1v) is 13.5. The zero-order valence-corrected chi connectivity index (χ0v) is 22.7. The number of carbonyl (C=O) groups excluding carboxylic acids is 3. The Kier molecular flexibility index (Phi) is 9.42. The number of fused-ring (bicyclic) bond motifs is 1. The van der Waals surface area contributed by atoms with E-state index in [0.29, 0.717) is 12.0 Å². The van der Waals surface area contributed by atoms with Gasteiger partial charge in [-0.25, -0.2) is 4.79 Å². The molecule has 4 unspecified atom stereocenters. The van der Waals surface area contributed by atoms with Crippen molar-refractivity contribution < 1.29 is 39.3 Å². The first-order valence-electron chi connectivity index (χ1n) is 13.5. The summed E-state index contributed by atoms with van der Waals surface area (Å²) in [5.41, 5.74) is 7.82. The van der Waals surface area contributed by atoms with Crippen LogP contribution in [-0.4, -0.2) is 85.6 Å². The lowest BCUT2D eigenvalue weighted by Gasteiger charge is -2.29. The molecule has 2 aromatic carbocycles. The van der Waals surface area contributed by atoms with Gasteiger partial charge in [-0.2, -0.15) is 0 Å². The first-order chi connectivity index (χ1) is 20.0. The highest BCUT2D eigenvalue weighted by atomic mass is 16.4. The summed E-state index contributed by atoms with van der Waals surface area (Å²) in [7, 11) is 0. The van der Waals surface area contributed by atoms with Gasteiger partial charge in [0.1, 0.15) is 23.9 Å². The molecule has 1 aliphatic heterocycles. The van der Waals surface area contributed by atoms with E-state index in [0.717, 1.165) is 16.5 Å². The molecule has 1 saturated heterocycles. The van der Waals surface area contributed by atoms with Crippen molar-refractivity contribution in [3.63, 3.8) is 0 Å². The summed E-state index contributed by atoms with van der Waals surface area (Å²) < 4.78 is 0. The number of H-pyrrole nitrogens is 1. The lowest BCUT2D eigenvalue weighted by molar-refractivity contribution is -0.149. The van der Waals surface area contributed by atoms with Crippen molar-refractivity contribution in [2.75, 3.05) is 6.54 Å². The average molecular weight is 580 g/mol. The second kappa shape index (κ2) is 13.2. The maximum absolute atomic E-state index is 13.8. The lowest BCUT2D eigenvalue weighted by Crippen LogP contribution is -2.58. The average Bonchev–Trinajstić information content (AvgIpc) is 3.60. The zero-order chi connectivity index (χ0) is 30.4. The number of benzene rings is 2. The number of carboxylic acid groups (broad SMARTS) is 2. The Morgan fingerprint density at radius 1 is 0.952 bits per heavy atom. The maximum Gasteiger partial charge on any atom is 0.326 e. The highest BCUT2D eigenvalue weighted by Crippen LogP contribution is 2.23. The van der Waals surface area contributed by atoms with E-state index in [2.05, 4.69) is 15.6 Å². The third-order valence-corrected chi connectivity index (χ3v) is 7.27. The van der Waals surface area contributed by atoms with E-state index >= 15 is 0 Å². The molecule has 0 saturated carbocycles. The van der Waals surface area contributed by atoms with Crippen LogP contribution in [0, 0.1) is 0 Å². The fourth-order valence-electron chi connectivity index (χ4n) is 5.12. The van der Waals surface area contributed by atoms with Gasteiger partial charge in [0.25, 0.3) is 0 Å². The molecule has 0 aliphatic carbocycles. The molecule has 0 spiro atoms. The number of nitrogens with zero attached hydrogens (tertiary/aromatic N) is 1. The van der Waals surface area contributed by atoms with E-state index in [-0.39, 0.29) is 31.6 Å². The van der Waals surface area contributed by atoms with Crippen LogP contribution in [0.4, 0.5) is 0 Å². The second-order valence-electron chi connectivity index (χ2n) is 10.3. The summed E-state index contributed by atoms with van der Waals surface area (Å²) in [5.74, 6) is -4.63. The summed E-state index contributed by atoms with van der Waals surface area (Å²) in [6.07, 6.45) is 1.82. The third kappa shape index (κ3) is 7.23. The van der Waals surface area contributed by atoms with Crippen molar-refractivity contribution >= 4 is 40.6 Å². The van der Waals surface area contributed by atoms with Gasteiger partial charge in [0, 0.05) is 36.5 Å². The number of rotatable bonds is 12. The molecule has 8 N–H and O–H groups in total. The molecular formula is C29H33N5O8. The molecule has 3 amide bonds. The number of likely N-dealkylation sites (tertiary alicyclic amines) is 1. The zero-order valence-electron chi connectivity index (χ0n) is 22.7. The van der Waals surface area contributed by atoms with E-state index in [4.69, 9.17) is 10.8 Å². The van der Waals surface area contributed by atoms with Crippen LogP contribution in [-0.2, 0) is 36.8 Å². The van der Waals surface area contributed by atoms with Crippen LogP contribution in [0.15, 0.2) is 54.7 Å². The number of carboxylic acids is 2. The van der Waals surface area contributed by atoms with Crippen LogP contribution in [0.5, 0.6) is 5.75 Å². The summed E-state index contributed by atoms with van der Waals surface area (Å²) in [6.45, 7) is 0.216. The molecule has 3 aromatic rings. The van der Waals surface area contributed by atoms with Gasteiger partial charge in [-0.3, -0.25) is 19.2 Å².